The first-order valence-electron chi connectivity index (χ1n) is 5.41. The first-order chi connectivity index (χ1) is 7.63. The number of rotatable bonds is 4. The lowest BCUT2D eigenvalue weighted by Crippen LogP contribution is -2.10. The quantitative estimate of drug-likeness (QED) is 0.848. The summed E-state index contributed by atoms with van der Waals surface area (Å²) in [5, 5.41) is 12.6. The Hall–Kier alpha value is -1.22. The number of hydrogen-bond acceptors (Lipinski definition) is 2. The zero-order valence-corrected chi connectivity index (χ0v) is 9.79. The van der Waals surface area contributed by atoms with Crippen LogP contribution in [-0.2, 0) is 0 Å². The van der Waals surface area contributed by atoms with Crippen molar-refractivity contribution in [2.75, 3.05) is 5.32 Å². The monoisotopic (exact) mass is 239 g/mol. The molecule has 16 heavy (non-hydrogen) atoms. The van der Waals surface area contributed by atoms with Gasteiger partial charge < -0.3 is 10.4 Å². The molecule has 2 unspecified atom stereocenters. The second kappa shape index (κ2) is 4.34. The van der Waals surface area contributed by atoms with Crippen molar-refractivity contribution in [3.05, 3.63) is 28.8 Å². The second-order valence-corrected chi connectivity index (χ2v) is 4.53. The molecule has 3 nitrogen and oxygen atoms in total. The first kappa shape index (κ1) is 11.3. The molecule has 2 N–H and O–H groups in total. The van der Waals surface area contributed by atoms with Crippen LogP contribution in [-0.4, -0.2) is 17.1 Å². The molecule has 1 saturated carbocycles. The van der Waals surface area contributed by atoms with Gasteiger partial charge in [0.1, 0.15) is 5.56 Å². The third-order valence-electron chi connectivity index (χ3n) is 3.02. The molecule has 4 heteroatoms. The van der Waals surface area contributed by atoms with E-state index in [1.54, 1.807) is 18.2 Å². The van der Waals surface area contributed by atoms with Crippen molar-refractivity contribution in [2.45, 2.75) is 25.8 Å². The summed E-state index contributed by atoms with van der Waals surface area (Å²) in [6, 6.07) is 5.53. The predicted molar refractivity (Wildman–Crippen MR) is 64.2 cm³/mol. The van der Waals surface area contributed by atoms with Gasteiger partial charge in [0.15, 0.2) is 0 Å². The SMILES string of the molecule is CCC1CC1Nc1cccc(Cl)c1C(=O)O. The maximum Gasteiger partial charge on any atom is 0.339 e. The molecule has 0 saturated heterocycles. The average molecular weight is 240 g/mol. The average Bonchev–Trinajstić information content (AvgIpc) is 2.96. The smallest absolute Gasteiger partial charge is 0.339 e. The van der Waals surface area contributed by atoms with Gasteiger partial charge in [0, 0.05) is 6.04 Å². The largest absolute Gasteiger partial charge is 0.478 e. The van der Waals surface area contributed by atoms with Crippen LogP contribution in [0, 0.1) is 5.92 Å². The van der Waals surface area contributed by atoms with Gasteiger partial charge in [-0.1, -0.05) is 31.0 Å². The number of halogens is 1. The minimum absolute atomic E-state index is 0.172. The van der Waals surface area contributed by atoms with E-state index in [2.05, 4.69) is 12.2 Å². The number of carboxylic acids is 1. The van der Waals surface area contributed by atoms with Gasteiger partial charge in [0.2, 0.25) is 0 Å². The van der Waals surface area contributed by atoms with Crippen LogP contribution < -0.4 is 5.32 Å². The lowest BCUT2D eigenvalue weighted by Gasteiger charge is -2.10. The van der Waals surface area contributed by atoms with Crippen LogP contribution >= 0.6 is 11.6 Å². The standard InChI is InChI=1S/C12H14ClNO2/c1-2-7-6-10(7)14-9-5-3-4-8(13)11(9)12(15)16/h3-5,7,10,14H,2,6H2,1H3,(H,15,16). The van der Waals surface area contributed by atoms with Gasteiger partial charge >= 0.3 is 5.97 Å². The molecule has 0 bridgehead atoms. The van der Waals surface area contributed by atoms with E-state index in [4.69, 9.17) is 16.7 Å². The molecule has 0 aromatic heterocycles. The lowest BCUT2D eigenvalue weighted by molar-refractivity contribution is 0.0698. The number of hydrogen-bond donors (Lipinski definition) is 2. The summed E-state index contributed by atoms with van der Waals surface area (Å²) in [6.07, 6.45) is 2.24. The summed E-state index contributed by atoms with van der Waals surface area (Å²) in [4.78, 5) is 11.1. The van der Waals surface area contributed by atoms with Crippen molar-refractivity contribution in [1.29, 1.82) is 0 Å². The summed E-state index contributed by atoms with van der Waals surface area (Å²) in [6.45, 7) is 2.14. The molecule has 1 aromatic rings. The fourth-order valence-electron chi connectivity index (χ4n) is 1.94. The van der Waals surface area contributed by atoms with Crippen LogP contribution in [0.3, 0.4) is 0 Å². The van der Waals surface area contributed by atoms with Gasteiger partial charge in [-0.15, -0.1) is 0 Å². The summed E-state index contributed by atoms with van der Waals surface area (Å²) in [7, 11) is 0. The molecule has 1 aromatic carbocycles. The van der Waals surface area contributed by atoms with Crippen LogP contribution in [0.2, 0.25) is 5.02 Å². The van der Waals surface area contributed by atoms with E-state index < -0.39 is 5.97 Å². The predicted octanol–water partition coefficient (Wildman–Crippen LogP) is 3.25. The molecule has 86 valence electrons. The Bertz CT molecular complexity index is 419. The third kappa shape index (κ3) is 2.14. The molecular weight excluding hydrogens is 226 g/mol. The third-order valence-corrected chi connectivity index (χ3v) is 3.33. The van der Waals surface area contributed by atoms with Crippen molar-refractivity contribution >= 4 is 23.3 Å². The summed E-state index contributed by atoms with van der Waals surface area (Å²) in [5.74, 6) is -0.317. The molecule has 0 spiro atoms. The zero-order chi connectivity index (χ0) is 11.7. The number of benzene rings is 1. The van der Waals surface area contributed by atoms with Crippen LogP contribution in [0.15, 0.2) is 18.2 Å². The van der Waals surface area contributed by atoms with Gasteiger partial charge in [-0.2, -0.15) is 0 Å². The Morgan fingerprint density at radius 2 is 2.38 bits per heavy atom. The maximum atomic E-state index is 11.1. The number of carbonyl (C=O) groups is 1. The van der Waals surface area contributed by atoms with Crippen molar-refractivity contribution in [3.63, 3.8) is 0 Å². The van der Waals surface area contributed by atoms with E-state index in [1.165, 1.54) is 0 Å². The van der Waals surface area contributed by atoms with Crippen molar-refractivity contribution in [1.82, 2.24) is 0 Å². The number of nitrogens with one attached hydrogen (secondary N) is 1. The molecule has 2 rings (SSSR count). The highest BCUT2D eigenvalue weighted by atomic mass is 35.5. The zero-order valence-electron chi connectivity index (χ0n) is 9.03. The molecule has 0 aliphatic heterocycles. The summed E-state index contributed by atoms with van der Waals surface area (Å²) in [5.41, 5.74) is 0.798. The van der Waals surface area contributed by atoms with Gasteiger partial charge in [-0.3, -0.25) is 0 Å². The Balaban J connectivity index is 2.20. The summed E-state index contributed by atoms with van der Waals surface area (Å²) >= 11 is 5.88. The second-order valence-electron chi connectivity index (χ2n) is 4.12. The topological polar surface area (TPSA) is 49.3 Å². The number of carboxylic acid groups (broad SMARTS) is 1. The van der Waals surface area contributed by atoms with E-state index in [-0.39, 0.29) is 10.6 Å². The van der Waals surface area contributed by atoms with Crippen molar-refractivity contribution < 1.29 is 9.90 Å². The Labute approximate surface area is 99.4 Å². The van der Waals surface area contributed by atoms with Gasteiger partial charge in [0.05, 0.1) is 10.7 Å². The highest BCUT2D eigenvalue weighted by molar-refractivity contribution is 6.34. The maximum absolute atomic E-state index is 11.1. The number of aromatic carboxylic acids is 1. The molecule has 0 amide bonds. The first-order valence-corrected chi connectivity index (χ1v) is 5.79. The van der Waals surface area contributed by atoms with Crippen LogP contribution in [0.4, 0.5) is 5.69 Å². The molecule has 1 aliphatic carbocycles. The van der Waals surface area contributed by atoms with Gasteiger partial charge in [-0.05, 0) is 24.5 Å². The fraction of sp³-hybridized carbons (Fsp3) is 0.417. The Kier molecular flexibility index (Phi) is 3.06. The van der Waals surface area contributed by atoms with E-state index in [0.29, 0.717) is 17.6 Å². The van der Waals surface area contributed by atoms with Gasteiger partial charge in [0.25, 0.3) is 0 Å². The normalized spacial score (nSPS) is 22.9. The van der Waals surface area contributed by atoms with Gasteiger partial charge in [-0.25, -0.2) is 4.79 Å². The minimum Gasteiger partial charge on any atom is -0.478 e. The molecular formula is C12H14ClNO2. The lowest BCUT2D eigenvalue weighted by atomic mass is 10.1. The van der Waals surface area contributed by atoms with E-state index in [1.807, 2.05) is 0 Å². The van der Waals surface area contributed by atoms with Crippen LogP contribution in [0.25, 0.3) is 0 Å². The molecule has 0 heterocycles. The Morgan fingerprint density at radius 3 is 2.94 bits per heavy atom. The highest BCUT2D eigenvalue weighted by Gasteiger charge is 2.35. The molecule has 1 aliphatic rings. The summed E-state index contributed by atoms with van der Waals surface area (Å²) < 4.78 is 0. The minimum atomic E-state index is -0.984. The van der Waals surface area contributed by atoms with E-state index in [0.717, 1.165) is 12.8 Å². The van der Waals surface area contributed by atoms with Crippen molar-refractivity contribution in [2.24, 2.45) is 5.92 Å². The number of anilines is 1. The fourth-order valence-corrected chi connectivity index (χ4v) is 2.19. The van der Waals surface area contributed by atoms with E-state index in [9.17, 15) is 4.79 Å². The highest BCUT2D eigenvalue weighted by Crippen LogP contribution is 2.37. The van der Waals surface area contributed by atoms with Crippen LogP contribution in [0.1, 0.15) is 30.1 Å². The van der Waals surface area contributed by atoms with E-state index >= 15 is 0 Å². The molecule has 1 fully saturated rings. The molecule has 2 atom stereocenters. The molecule has 0 radical (unpaired) electrons. The van der Waals surface area contributed by atoms with Crippen LogP contribution in [0.5, 0.6) is 0 Å². The Morgan fingerprint density at radius 1 is 1.62 bits per heavy atom. The van der Waals surface area contributed by atoms with Crippen molar-refractivity contribution in [3.8, 4) is 0 Å².